The number of carbonyl (C=O) groups excluding carboxylic acids is 1. The molecule has 0 aliphatic heterocycles. The number of hydrogen-bond donors (Lipinski definition) is 0. The van der Waals surface area contributed by atoms with Crippen molar-refractivity contribution >= 4 is 28.0 Å². The standard InChI is InChI=1S/C13H15BrO4/c1-3-17-11-8-12(18-4-2)10(14)7-9(11)5-6-13(15)16/h5-8H,3-4H2,1-2H3,(H,15,16)/p-1/b6-5+. The zero-order valence-electron chi connectivity index (χ0n) is 10.2. The number of aliphatic carboxylic acids is 1. The molecule has 98 valence electrons. The Hall–Kier alpha value is -1.49. The van der Waals surface area contributed by atoms with Gasteiger partial charge in [0.1, 0.15) is 11.5 Å². The average Bonchev–Trinajstić information content (AvgIpc) is 2.31. The third kappa shape index (κ3) is 4.07. The van der Waals surface area contributed by atoms with E-state index in [4.69, 9.17) is 9.47 Å². The van der Waals surface area contributed by atoms with Crippen molar-refractivity contribution in [2.24, 2.45) is 0 Å². The van der Waals surface area contributed by atoms with Crippen molar-refractivity contribution in [3.8, 4) is 11.5 Å². The Morgan fingerprint density at radius 3 is 2.44 bits per heavy atom. The molecule has 1 aromatic carbocycles. The third-order valence-electron chi connectivity index (χ3n) is 2.06. The first-order valence-electron chi connectivity index (χ1n) is 5.56. The van der Waals surface area contributed by atoms with Crippen LogP contribution in [0.25, 0.3) is 6.08 Å². The largest absolute Gasteiger partial charge is 0.545 e. The van der Waals surface area contributed by atoms with Gasteiger partial charge in [0, 0.05) is 11.6 Å². The normalized spacial score (nSPS) is 10.6. The van der Waals surface area contributed by atoms with Gasteiger partial charge in [0.2, 0.25) is 0 Å². The Kier molecular flexibility index (Phi) is 5.71. The lowest BCUT2D eigenvalue weighted by Gasteiger charge is -2.12. The molecule has 0 aliphatic carbocycles. The van der Waals surface area contributed by atoms with E-state index in [0.29, 0.717) is 30.3 Å². The number of carboxylic acid groups (broad SMARTS) is 1. The third-order valence-corrected chi connectivity index (χ3v) is 2.68. The molecule has 0 amide bonds. The topological polar surface area (TPSA) is 58.6 Å². The fourth-order valence-electron chi connectivity index (χ4n) is 1.38. The minimum atomic E-state index is -1.25. The summed E-state index contributed by atoms with van der Waals surface area (Å²) in [5.74, 6) is -0.0179. The van der Waals surface area contributed by atoms with E-state index in [1.54, 1.807) is 12.1 Å². The molecule has 0 aliphatic rings. The molecule has 4 nitrogen and oxygen atoms in total. The van der Waals surface area contributed by atoms with Crippen molar-refractivity contribution in [3.05, 3.63) is 28.2 Å². The van der Waals surface area contributed by atoms with E-state index < -0.39 is 5.97 Å². The molecule has 0 aromatic heterocycles. The number of carboxylic acids is 1. The Morgan fingerprint density at radius 2 is 1.89 bits per heavy atom. The fraction of sp³-hybridized carbons (Fsp3) is 0.308. The van der Waals surface area contributed by atoms with Gasteiger partial charge in [-0.1, -0.05) is 0 Å². The highest BCUT2D eigenvalue weighted by atomic mass is 79.9. The van der Waals surface area contributed by atoms with E-state index in [9.17, 15) is 9.90 Å². The fourth-order valence-corrected chi connectivity index (χ4v) is 1.86. The molecule has 0 saturated carbocycles. The van der Waals surface area contributed by atoms with Gasteiger partial charge in [-0.2, -0.15) is 0 Å². The number of benzene rings is 1. The van der Waals surface area contributed by atoms with Gasteiger partial charge in [0.25, 0.3) is 0 Å². The first-order chi connectivity index (χ1) is 8.58. The molecule has 1 aromatic rings. The maximum Gasteiger partial charge on any atom is 0.137 e. The van der Waals surface area contributed by atoms with Crippen molar-refractivity contribution in [3.63, 3.8) is 0 Å². The quantitative estimate of drug-likeness (QED) is 0.754. The van der Waals surface area contributed by atoms with Crippen LogP contribution in [0.5, 0.6) is 11.5 Å². The van der Waals surface area contributed by atoms with Crippen LogP contribution < -0.4 is 14.6 Å². The van der Waals surface area contributed by atoms with Crippen LogP contribution in [0.4, 0.5) is 0 Å². The van der Waals surface area contributed by atoms with Crippen molar-refractivity contribution in [2.45, 2.75) is 13.8 Å². The van der Waals surface area contributed by atoms with Gasteiger partial charge in [-0.05, 0) is 48.0 Å². The second-order valence-electron chi connectivity index (χ2n) is 3.34. The second-order valence-corrected chi connectivity index (χ2v) is 4.19. The predicted molar refractivity (Wildman–Crippen MR) is 70.5 cm³/mol. The molecule has 0 radical (unpaired) electrons. The summed E-state index contributed by atoms with van der Waals surface area (Å²) in [4.78, 5) is 10.4. The van der Waals surface area contributed by atoms with E-state index in [-0.39, 0.29) is 0 Å². The molecule has 5 heteroatoms. The number of hydrogen-bond acceptors (Lipinski definition) is 4. The molecular formula is C13H14BrO4-. The van der Waals surface area contributed by atoms with Crippen molar-refractivity contribution < 1.29 is 19.4 Å². The molecule has 18 heavy (non-hydrogen) atoms. The maximum absolute atomic E-state index is 10.4. The lowest BCUT2D eigenvalue weighted by Crippen LogP contribution is -2.18. The summed E-state index contributed by atoms with van der Waals surface area (Å²) in [7, 11) is 0. The van der Waals surface area contributed by atoms with Crippen LogP contribution >= 0.6 is 15.9 Å². The van der Waals surface area contributed by atoms with Crippen molar-refractivity contribution in [1.82, 2.24) is 0 Å². The van der Waals surface area contributed by atoms with E-state index in [2.05, 4.69) is 15.9 Å². The van der Waals surface area contributed by atoms with Crippen LogP contribution in [-0.4, -0.2) is 19.2 Å². The van der Waals surface area contributed by atoms with Crippen LogP contribution in [0.2, 0.25) is 0 Å². The average molecular weight is 314 g/mol. The number of halogens is 1. The summed E-state index contributed by atoms with van der Waals surface area (Å²) in [5.41, 5.74) is 0.649. The van der Waals surface area contributed by atoms with Gasteiger partial charge >= 0.3 is 0 Å². The van der Waals surface area contributed by atoms with Crippen LogP contribution in [-0.2, 0) is 4.79 Å². The lowest BCUT2D eigenvalue weighted by atomic mass is 10.1. The highest BCUT2D eigenvalue weighted by Crippen LogP contribution is 2.33. The van der Waals surface area contributed by atoms with Crippen LogP contribution in [0.15, 0.2) is 22.7 Å². The van der Waals surface area contributed by atoms with Gasteiger partial charge in [-0.25, -0.2) is 0 Å². The smallest absolute Gasteiger partial charge is 0.137 e. The Balaban J connectivity index is 3.15. The van der Waals surface area contributed by atoms with E-state index in [1.807, 2.05) is 13.8 Å². The number of carbonyl (C=O) groups is 1. The molecular weight excluding hydrogens is 300 g/mol. The molecule has 0 atom stereocenters. The SMILES string of the molecule is CCOc1cc(OCC)c(/C=C/C(=O)[O-])cc1Br. The zero-order valence-corrected chi connectivity index (χ0v) is 11.8. The Morgan fingerprint density at radius 1 is 1.28 bits per heavy atom. The Bertz CT molecular complexity index is 455. The van der Waals surface area contributed by atoms with E-state index in [1.165, 1.54) is 6.08 Å². The summed E-state index contributed by atoms with van der Waals surface area (Å²) in [6, 6.07) is 3.47. The molecule has 0 unspecified atom stereocenters. The summed E-state index contributed by atoms with van der Waals surface area (Å²) >= 11 is 3.36. The minimum absolute atomic E-state index is 0.485. The van der Waals surface area contributed by atoms with Crippen molar-refractivity contribution in [2.75, 3.05) is 13.2 Å². The molecule has 0 bridgehead atoms. The second kappa shape index (κ2) is 7.06. The number of ether oxygens (including phenoxy) is 2. The number of rotatable bonds is 6. The molecule has 0 saturated heterocycles. The van der Waals surface area contributed by atoms with Gasteiger partial charge < -0.3 is 19.4 Å². The first-order valence-corrected chi connectivity index (χ1v) is 6.36. The van der Waals surface area contributed by atoms with Gasteiger partial charge in [0.05, 0.1) is 23.7 Å². The van der Waals surface area contributed by atoms with Crippen LogP contribution in [0.1, 0.15) is 19.4 Å². The molecule has 0 N–H and O–H groups in total. The molecule has 0 spiro atoms. The maximum atomic E-state index is 10.4. The van der Waals surface area contributed by atoms with Crippen molar-refractivity contribution in [1.29, 1.82) is 0 Å². The lowest BCUT2D eigenvalue weighted by molar-refractivity contribution is -0.297. The highest BCUT2D eigenvalue weighted by Gasteiger charge is 2.08. The zero-order chi connectivity index (χ0) is 13.5. The monoisotopic (exact) mass is 313 g/mol. The summed E-state index contributed by atoms with van der Waals surface area (Å²) in [6.45, 7) is 4.77. The first kappa shape index (κ1) is 14.6. The van der Waals surface area contributed by atoms with Gasteiger partial charge in [-0.15, -0.1) is 0 Å². The molecule has 1 rings (SSSR count). The minimum Gasteiger partial charge on any atom is -0.545 e. The summed E-state index contributed by atoms with van der Waals surface area (Å²) < 4.78 is 11.6. The van der Waals surface area contributed by atoms with Gasteiger partial charge in [-0.3, -0.25) is 0 Å². The summed E-state index contributed by atoms with van der Waals surface area (Å²) in [5, 5.41) is 10.4. The van der Waals surface area contributed by atoms with Crippen LogP contribution in [0, 0.1) is 0 Å². The summed E-state index contributed by atoms with van der Waals surface area (Å²) in [6.07, 6.45) is 2.39. The molecule has 0 fully saturated rings. The molecule has 0 heterocycles. The van der Waals surface area contributed by atoms with Gasteiger partial charge in [0.15, 0.2) is 0 Å². The predicted octanol–water partition coefficient (Wildman–Crippen LogP) is 2.01. The van der Waals surface area contributed by atoms with E-state index in [0.717, 1.165) is 10.5 Å². The van der Waals surface area contributed by atoms with Crippen LogP contribution in [0.3, 0.4) is 0 Å². The van der Waals surface area contributed by atoms with E-state index >= 15 is 0 Å². The Labute approximate surface area is 114 Å². The highest BCUT2D eigenvalue weighted by molar-refractivity contribution is 9.10.